The molecule has 2 heterocycles. The van der Waals surface area contributed by atoms with E-state index in [1.54, 1.807) is 6.07 Å². The first-order valence-corrected chi connectivity index (χ1v) is 8.62. The Kier molecular flexibility index (Phi) is 4.46. The van der Waals surface area contributed by atoms with E-state index in [9.17, 15) is 4.79 Å². The second-order valence-electron chi connectivity index (χ2n) is 6.13. The molecular formula is C22H17N3O2. The van der Waals surface area contributed by atoms with Crippen molar-refractivity contribution in [3.05, 3.63) is 84.1 Å². The number of hydrogen-bond donors (Lipinski definition) is 1. The number of nitrogens with zero attached hydrogens (tertiary/aromatic N) is 2. The van der Waals surface area contributed by atoms with E-state index in [1.807, 2.05) is 77.3 Å². The van der Waals surface area contributed by atoms with Crippen LogP contribution in [0.15, 0.2) is 72.9 Å². The maximum Gasteiger partial charge on any atom is 0.254 e. The lowest BCUT2D eigenvalue weighted by atomic mass is 10.1. The van der Waals surface area contributed by atoms with E-state index in [0.29, 0.717) is 17.9 Å². The fraction of sp³-hybridized carbons (Fsp3) is 0.0909. The lowest BCUT2D eigenvalue weighted by molar-refractivity contribution is 0.0954. The fourth-order valence-electron chi connectivity index (χ4n) is 3.22. The van der Waals surface area contributed by atoms with Gasteiger partial charge in [0.1, 0.15) is 11.8 Å². The van der Waals surface area contributed by atoms with Gasteiger partial charge in [-0.2, -0.15) is 5.26 Å². The molecule has 27 heavy (non-hydrogen) atoms. The van der Waals surface area contributed by atoms with Crippen molar-refractivity contribution in [1.29, 1.82) is 5.26 Å². The van der Waals surface area contributed by atoms with Crippen LogP contribution in [0, 0.1) is 11.3 Å². The Bertz CT molecular complexity index is 1160. The Balaban J connectivity index is 1.74. The SMILES string of the molecule is N#CCOc1ccc2c(C(=O)NCc3ccccc3)c3ccccc3n2c1. The Morgan fingerprint density at radius 2 is 1.78 bits per heavy atom. The van der Waals surface area contributed by atoms with Gasteiger partial charge in [0.05, 0.1) is 22.8 Å². The molecule has 5 nitrogen and oxygen atoms in total. The van der Waals surface area contributed by atoms with Crippen LogP contribution in [-0.4, -0.2) is 16.9 Å². The average molecular weight is 355 g/mol. The van der Waals surface area contributed by atoms with Crippen LogP contribution in [0.4, 0.5) is 0 Å². The van der Waals surface area contributed by atoms with Crippen LogP contribution < -0.4 is 10.1 Å². The summed E-state index contributed by atoms with van der Waals surface area (Å²) < 4.78 is 7.33. The molecule has 0 spiro atoms. The average Bonchev–Trinajstić information content (AvgIpc) is 3.05. The first-order valence-electron chi connectivity index (χ1n) is 8.62. The third kappa shape index (κ3) is 3.21. The van der Waals surface area contributed by atoms with Crippen molar-refractivity contribution >= 4 is 22.3 Å². The van der Waals surface area contributed by atoms with Crippen LogP contribution in [0.2, 0.25) is 0 Å². The molecule has 0 saturated heterocycles. The summed E-state index contributed by atoms with van der Waals surface area (Å²) >= 11 is 0. The molecule has 2 aromatic carbocycles. The van der Waals surface area contributed by atoms with E-state index in [4.69, 9.17) is 10.00 Å². The maximum atomic E-state index is 13.0. The number of hydrogen-bond acceptors (Lipinski definition) is 3. The van der Waals surface area contributed by atoms with Crippen molar-refractivity contribution < 1.29 is 9.53 Å². The lowest BCUT2D eigenvalue weighted by Crippen LogP contribution is -2.22. The molecule has 0 fully saturated rings. The van der Waals surface area contributed by atoms with Gasteiger partial charge in [0.15, 0.2) is 6.61 Å². The molecule has 0 bridgehead atoms. The maximum absolute atomic E-state index is 13.0. The minimum absolute atomic E-state index is 0.0187. The molecular weight excluding hydrogens is 338 g/mol. The summed E-state index contributed by atoms with van der Waals surface area (Å²) in [6, 6.07) is 23.2. The number of rotatable bonds is 5. The number of ether oxygens (including phenoxy) is 1. The number of carbonyl (C=O) groups excluding carboxylic acids is 1. The monoisotopic (exact) mass is 355 g/mol. The van der Waals surface area contributed by atoms with Crippen molar-refractivity contribution in [2.45, 2.75) is 6.54 Å². The summed E-state index contributed by atoms with van der Waals surface area (Å²) in [6.07, 6.45) is 1.81. The van der Waals surface area contributed by atoms with Crippen molar-refractivity contribution in [1.82, 2.24) is 9.72 Å². The zero-order valence-electron chi connectivity index (χ0n) is 14.6. The molecule has 0 aliphatic carbocycles. The Morgan fingerprint density at radius 1 is 1.00 bits per heavy atom. The zero-order valence-corrected chi connectivity index (χ0v) is 14.6. The van der Waals surface area contributed by atoms with Crippen molar-refractivity contribution in [2.24, 2.45) is 0 Å². The number of fused-ring (bicyclic) bond motifs is 3. The third-order valence-electron chi connectivity index (χ3n) is 4.44. The molecule has 132 valence electrons. The molecule has 2 aromatic heterocycles. The van der Waals surface area contributed by atoms with Gasteiger partial charge < -0.3 is 14.5 Å². The predicted octanol–water partition coefficient (Wildman–Crippen LogP) is 3.92. The van der Waals surface area contributed by atoms with E-state index >= 15 is 0 Å². The van der Waals surface area contributed by atoms with Crippen LogP contribution in [0.5, 0.6) is 5.75 Å². The first kappa shape index (κ1) is 16.7. The first-order chi connectivity index (χ1) is 13.3. The number of aromatic nitrogens is 1. The van der Waals surface area contributed by atoms with Gasteiger partial charge in [-0.25, -0.2) is 0 Å². The highest BCUT2D eigenvalue weighted by Gasteiger charge is 2.18. The predicted molar refractivity (Wildman–Crippen MR) is 104 cm³/mol. The Hall–Kier alpha value is -3.78. The summed E-state index contributed by atoms with van der Waals surface area (Å²) in [5.74, 6) is 0.462. The Labute approximate surface area is 156 Å². The number of nitriles is 1. The zero-order chi connectivity index (χ0) is 18.6. The molecule has 5 heteroatoms. The highest BCUT2D eigenvalue weighted by molar-refractivity contribution is 6.13. The number of carbonyl (C=O) groups is 1. The molecule has 1 amide bonds. The minimum Gasteiger partial charge on any atom is -0.477 e. The second kappa shape index (κ2) is 7.22. The van der Waals surface area contributed by atoms with Gasteiger partial charge in [-0.15, -0.1) is 0 Å². The summed E-state index contributed by atoms with van der Waals surface area (Å²) in [5.41, 5.74) is 3.39. The van der Waals surface area contributed by atoms with Gasteiger partial charge in [0.2, 0.25) is 0 Å². The molecule has 0 atom stereocenters. The third-order valence-corrected chi connectivity index (χ3v) is 4.44. The van der Waals surface area contributed by atoms with Crippen LogP contribution in [0.3, 0.4) is 0 Å². The molecule has 4 aromatic rings. The minimum atomic E-state index is -0.122. The van der Waals surface area contributed by atoms with Crippen LogP contribution >= 0.6 is 0 Å². The van der Waals surface area contributed by atoms with Crippen molar-refractivity contribution in [3.8, 4) is 11.8 Å². The smallest absolute Gasteiger partial charge is 0.254 e. The largest absolute Gasteiger partial charge is 0.477 e. The van der Waals surface area contributed by atoms with E-state index in [0.717, 1.165) is 22.0 Å². The molecule has 0 aliphatic rings. The van der Waals surface area contributed by atoms with E-state index in [1.165, 1.54) is 0 Å². The van der Waals surface area contributed by atoms with Gasteiger partial charge in [-0.1, -0.05) is 48.5 Å². The van der Waals surface area contributed by atoms with Gasteiger partial charge in [0, 0.05) is 11.9 Å². The molecule has 1 N–H and O–H groups in total. The number of pyridine rings is 1. The number of nitrogens with one attached hydrogen (secondary N) is 1. The molecule has 0 saturated carbocycles. The van der Waals surface area contributed by atoms with E-state index < -0.39 is 0 Å². The molecule has 0 aliphatic heterocycles. The number of para-hydroxylation sites is 1. The molecule has 0 unspecified atom stereocenters. The van der Waals surface area contributed by atoms with Crippen LogP contribution in [0.1, 0.15) is 15.9 Å². The van der Waals surface area contributed by atoms with Crippen LogP contribution in [-0.2, 0) is 6.54 Å². The number of amides is 1. The standard InChI is InChI=1S/C22H17N3O2/c23-12-13-27-17-10-11-20-21(18-8-4-5-9-19(18)25(20)15-17)22(26)24-14-16-6-2-1-3-7-16/h1-11,15H,13-14H2,(H,24,26). The van der Waals surface area contributed by atoms with Gasteiger partial charge in [0.25, 0.3) is 5.91 Å². The highest BCUT2D eigenvalue weighted by Crippen LogP contribution is 2.28. The lowest BCUT2D eigenvalue weighted by Gasteiger charge is -2.06. The summed E-state index contributed by atoms with van der Waals surface area (Å²) in [7, 11) is 0. The second-order valence-corrected chi connectivity index (χ2v) is 6.13. The topological polar surface area (TPSA) is 66.5 Å². The number of benzene rings is 2. The normalized spacial score (nSPS) is 10.6. The Morgan fingerprint density at radius 3 is 2.59 bits per heavy atom. The van der Waals surface area contributed by atoms with Crippen molar-refractivity contribution in [2.75, 3.05) is 6.61 Å². The van der Waals surface area contributed by atoms with Crippen LogP contribution in [0.25, 0.3) is 16.4 Å². The molecule has 4 rings (SSSR count). The molecule has 0 radical (unpaired) electrons. The van der Waals surface area contributed by atoms with Crippen molar-refractivity contribution in [3.63, 3.8) is 0 Å². The summed E-state index contributed by atoms with van der Waals surface area (Å²) in [5, 5.41) is 12.6. The summed E-state index contributed by atoms with van der Waals surface area (Å²) in [4.78, 5) is 13.0. The van der Waals surface area contributed by atoms with Gasteiger partial charge >= 0.3 is 0 Å². The van der Waals surface area contributed by atoms with Gasteiger partial charge in [-0.3, -0.25) is 4.79 Å². The quantitative estimate of drug-likeness (QED) is 0.590. The fourth-order valence-corrected chi connectivity index (χ4v) is 3.22. The highest BCUT2D eigenvalue weighted by atomic mass is 16.5. The van der Waals surface area contributed by atoms with Gasteiger partial charge in [-0.05, 0) is 23.8 Å². The van der Waals surface area contributed by atoms with E-state index in [2.05, 4.69) is 5.32 Å². The summed E-state index contributed by atoms with van der Waals surface area (Å²) in [6.45, 7) is 0.448. The van der Waals surface area contributed by atoms with E-state index in [-0.39, 0.29) is 12.5 Å².